The van der Waals surface area contributed by atoms with Crippen LogP contribution in [0.1, 0.15) is 349 Å². The van der Waals surface area contributed by atoms with Gasteiger partial charge in [0.15, 0.2) is 12.2 Å². The topological polar surface area (TPSA) is 237 Å². The Kier molecular flexibility index (Phi) is 66.4. The number of phosphoric ester groups is 2. The van der Waals surface area contributed by atoms with Crippen molar-refractivity contribution in [2.75, 3.05) is 39.6 Å². The number of unbranched alkanes of at least 4 members (excludes halogenated alkanes) is 38. The molecule has 0 saturated carbocycles. The Balaban J connectivity index is 5.27. The van der Waals surface area contributed by atoms with Gasteiger partial charge in [-0.25, -0.2) is 9.13 Å². The second-order valence-electron chi connectivity index (χ2n) is 25.6. The van der Waals surface area contributed by atoms with Gasteiger partial charge in [-0.15, -0.1) is 0 Å². The highest BCUT2D eigenvalue weighted by Gasteiger charge is 2.30. The van der Waals surface area contributed by atoms with Crippen LogP contribution >= 0.6 is 15.6 Å². The minimum absolute atomic E-state index is 0.0992. The van der Waals surface area contributed by atoms with Crippen molar-refractivity contribution in [2.24, 2.45) is 0 Å². The molecule has 0 aliphatic rings. The molecule has 5 atom stereocenters. The van der Waals surface area contributed by atoms with Crippen molar-refractivity contribution < 1.29 is 80.2 Å². The van der Waals surface area contributed by atoms with Crippen molar-refractivity contribution in [2.45, 2.75) is 367 Å². The first-order valence-corrected chi connectivity index (χ1v) is 40.9. The summed E-state index contributed by atoms with van der Waals surface area (Å²) in [7, 11) is -9.92. The fourth-order valence-electron chi connectivity index (χ4n) is 10.4. The molecule has 0 rings (SSSR count). The predicted molar refractivity (Wildman–Crippen MR) is 381 cm³/mol. The second kappa shape index (κ2) is 68.5. The normalized spacial score (nSPS) is 14.2. The maximum atomic E-state index is 13.1. The van der Waals surface area contributed by atoms with Crippen molar-refractivity contribution in [1.29, 1.82) is 0 Å². The standard InChI is InChI=1S/C75H138O17P2/c1-5-9-13-17-21-25-29-31-32-33-34-35-36-38-41-44-48-52-56-60-73(78)86-66-71(92-75(80)62-58-54-50-46-42-37-30-26-22-18-14-10-6-2)68-90-94(83,84)88-64-69(76)63-87-93(81,82)89-67-70(91-74(79)61-57-53-49-45-40-28-24-20-16-12-8-4)65-85-72(77)59-55-51-47-43-39-27-23-19-15-11-7-3/h19,21,23,25,31-32,34-35,69-71,76H,5-18,20,22,24,26-30,33,36-68H2,1-4H3,(H,81,82)(H,83,84)/b23-19-,25-21-,32-31-,35-34-. The van der Waals surface area contributed by atoms with Gasteiger partial charge in [-0.3, -0.25) is 37.3 Å². The van der Waals surface area contributed by atoms with Gasteiger partial charge in [0.1, 0.15) is 19.3 Å². The number of phosphoric acid groups is 2. The Morgan fingerprint density at radius 3 is 0.862 bits per heavy atom. The maximum Gasteiger partial charge on any atom is 0.472 e. The zero-order valence-corrected chi connectivity index (χ0v) is 61.7. The number of esters is 4. The molecule has 17 nitrogen and oxygen atoms in total. The number of carbonyl (C=O) groups excluding carboxylic acids is 4. The SMILES string of the molecule is CCCC/C=C\CCCCCCCC(=O)OCC(COP(=O)(O)OCC(O)COP(=O)(O)OCC(COC(=O)CCCCCCCC/C=C\C/C=C\C/C=C\CCCCC)OC(=O)CCCCCCCCCCCCCCC)OC(=O)CCCCCCCCCCCCC. The highest BCUT2D eigenvalue weighted by atomic mass is 31.2. The van der Waals surface area contributed by atoms with Gasteiger partial charge < -0.3 is 33.8 Å². The highest BCUT2D eigenvalue weighted by molar-refractivity contribution is 7.47. The molecule has 0 spiro atoms. The van der Waals surface area contributed by atoms with Gasteiger partial charge >= 0.3 is 39.5 Å². The number of allylic oxidation sites excluding steroid dienone is 8. The van der Waals surface area contributed by atoms with Gasteiger partial charge in [0, 0.05) is 25.7 Å². The Labute approximate surface area is 572 Å². The smallest absolute Gasteiger partial charge is 0.462 e. The third kappa shape index (κ3) is 67.6. The van der Waals surface area contributed by atoms with E-state index in [1.165, 1.54) is 122 Å². The van der Waals surface area contributed by atoms with Gasteiger partial charge in [-0.2, -0.15) is 0 Å². The first-order chi connectivity index (χ1) is 45.7. The number of hydrogen-bond acceptors (Lipinski definition) is 15. The molecule has 550 valence electrons. The van der Waals surface area contributed by atoms with Gasteiger partial charge in [0.2, 0.25) is 0 Å². The van der Waals surface area contributed by atoms with E-state index in [1.54, 1.807) is 0 Å². The lowest BCUT2D eigenvalue weighted by atomic mass is 10.0. The van der Waals surface area contributed by atoms with Crippen LogP contribution in [0.25, 0.3) is 0 Å². The van der Waals surface area contributed by atoms with E-state index in [0.717, 1.165) is 148 Å². The summed E-state index contributed by atoms with van der Waals surface area (Å²) < 4.78 is 68.4. The molecule has 0 aromatic rings. The average Bonchev–Trinajstić information content (AvgIpc) is 1.26. The van der Waals surface area contributed by atoms with Crippen LogP contribution < -0.4 is 0 Å². The molecule has 0 radical (unpaired) electrons. The van der Waals surface area contributed by atoms with E-state index in [4.69, 9.17) is 37.0 Å². The predicted octanol–water partition coefficient (Wildman–Crippen LogP) is 21.3. The number of carbonyl (C=O) groups is 4. The zero-order valence-electron chi connectivity index (χ0n) is 59.9. The molecule has 0 saturated heterocycles. The van der Waals surface area contributed by atoms with Crippen molar-refractivity contribution in [1.82, 2.24) is 0 Å². The average molecular weight is 1370 g/mol. The summed E-state index contributed by atoms with van der Waals surface area (Å²) in [6.45, 7) is 4.83. The third-order valence-electron chi connectivity index (χ3n) is 16.3. The first kappa shape index (κ1) is 91.0. The molecule has 0 heterocycles. The van der Waals surface area contributed by atoms with Gasteiger partial charge in [0.05, 0.1) is 26.4 Å². The summed E-state index contributed by atoms with van der Waals surface area (Å²) >= 11 is 0. The zero-order chi connectivity index (χ0) is 69.0. The second-order valence-corrected chi connectivity index (χ2v) is 28.5. The van der Waals surface area contributed by atoms with E-state index in [2.05, 4.69) is 76.3 Å². The molecule has 0 amide bonds. The lowest BCUT2D eigenvalue weighted by Crippen LogP contribution is -2.30. The van der Waals surface area contributed by atoms with Crippen molar-refractivity contribution in [3.8, 4) is 0 Å². The largest absolute Gasteiger partial charge is 0.472 e. The molecule has 19 heteroatoms. The lowest BCUT2D eigenvalue weighted by molar-refractivity contribution is -0.161. The molecule has 3 N–H and O–H groups in total. The Hall–Kier alpha value is -2.98. The summed E-state index contributed by atoms with van der Waals surface area (Å²) in [6.07, 6.45) is 63.9. The van der Waals surface area contributed by atoms with Crippen LogP contribution in [-0.4, -0.2) is 96.7 Å². The van der Waals surface area contributed by atoms with E-state index in [9.17, 15) is 43.2 Å². The molecule has 0 fully saturated rings. The van der Waals surface area contributed by atoms with E-state index in [0.29, 0.717) is 25.7 Å². The van der Waals surface area contributed by atoms with Crippen LogP contribution in [0, 0.1) is 0 Å². The minimum Gasteiger partial charge on any atom is -0.462 e. The minimum atomic E-state index is -4.96. The third-order valence-corrected chi connectivity index (χ3v) is 18.2. The lowest BCUT2D eigenvalue weighted by Gasteiger charge is -2.21. The van der Waals surface area contributed by atoms with Crippen LogP contribution in [-0.2, 0) is 65.4 Å². The molecule has 0 bridgehead atoms. The summed E-state index contributed by atoms with van der Waals surface area (Å²) in [5.74, 6) is -2.16. The van der Waals surface area contributed by atoms with Gasteiger partial charge in [-0.1, -0.05) is 288 Å². The number of aliphatic hydroxyl groups excluding tert-OH is 1. The Bertz CT molecular complexity index is 1980. The quantitative estimate of drug-likeness (QED) is 0.0169. The highest BCUT2D eigenvalue weighted by Crippen LogP contribution is 2.45. The maximum absolute atomic E-state index is 13.1. The van der Waals surface area contributed by atoms with E-state index < -0.39 is 97.5 Å². The molecule has 0 aliphatic heterocycles. The number of aliphatic hydroxyl groups is 1. The van der Waals surface area contributed by atoms with Crippen LogP contribution in [0.4, 0.5) is 0 Å². The summed E-state index contributed by atoms with van der Waals surface area (Å²) in [5.41, 5.74) is 0. The van der Waals surface area contributed by atoms with Crippen molar-refractivity contribution >= 4 is 39.5 Å². The summed E-state index contributed by atoms with van der Waals surface area (Å²) in [4.78, 5) is 72.7. The van der Waals surface area contributed by atoms with Gasteiger partial charge in [0.25, 0.3) is 0 Å². The number of hydrogen-bond donors (Lipinski definition) is 3. The summed E-state index contributed by atoms with van der Waals surface area (Å²) in [6, 6.07) is 0. The Morgan fingerprint density at radius 2 is 0.532 bits per heavy atom. The Morgan fingerprint density at radius 1 is 0.298 bits per heavy atom. The number of ether oxygens (including phenoxy) is 4. The molecular formula is C75H138O17P2. The van der Waals surface area contributed by atoms with Gasteiger partial charge in [-0.05, 0) is 83.5 Å². The van der Waals surface area contributed by atoms with Crippen LogP contribution in [0.3, 0.4) is 0 Å². The molecule has 94 heavy (non-hydrogen) atoms. The van der Waals surface area contributed by atoms with Crippen LogP contribution in [0.2, 0.25) is 0 Å². The molecule has 5 unspecified atom stereocenters. The van der Waals surface area contributed by atoms with E-state index in [-0.39, 0.29) is 25.7 Å². The van der Waals surface area contributed by atoms with Crippen LogP contribution in [0.15, 0.2) is 48.6 Å². The van der Waals surface area contributed by atoms with Crippen molar-refractivity contribution in [3.63, 3.8) is 0 Å². The fourth-order valence-corrected chi connectivity index (χ4v) is 12.0. The summed E-state index contributed by atoms with van der Waals surface area (Å²) in [5, 5.41) is 10.6. The molecule has 0 aromatic heterocycles. The monoisotopic (exact) mass is 1370 g/mol. The number of rotatable bonds is 72. The van der Waals surface area contributed by atoms with Crippen molar-refractivity contribution in [3.05, 3.63) is 48.6 Å². The molecule has 0 aliphatic carbocycles. The molecular weight excluding hydrogens is 1230 g/mol. The van der Waals surface area contributed by atoms with E-state index >= 15 is 0 Å². The first-order valence-electron chi connectivity index (χ1n) is 37.9. The van der Waals surface area contributed by atoms with Crippen LogP contribution in [0.5, 0.6) is 0 Å². The molecule has 0 aromatic carbocycles. The fraction of sp³-hybridized carbons (Fsp3) is 0.840. The van der Waals surface area contributed by atoms with E-state index in [1.807, 2.05) is 0 Å².